The van der Waals surface area contributed by atoms with Gasteiger partial charge in [0.1, 0.15) is 11.6 Å². The lowest BCUT2D eigenvalue weighted by atomic mass is 10.1. The number of para-hydroxylation sites is 1. The number of anilines is 1. The Morgan fingerprint density at radius 1 is 1.14 bits per heavy atom. The average molecular weight is 291 g/mol. The summed E-state index contributed by atoms with van der Waals surface area (Å²) in [7, 11) is 0. The van der Waals surface area contributed by atoms with E-state index < -0.39 is 11.6 Å². The number of rotatable bonds is 6. The van der Waals surface area contributed by atoms with E-state index in [0.717, 1.165) is 23.4 Å². The van der Waals surface area contributed by atoms with Crippen molar-refractivity contribution in [2.24, 2.45) is 0 Å². The molecule has 0 heterocycles. The SMILES string of the molecule is CCOCc1ccccc1NC(C)c1cc(F)ccc1F. The van der Waals surface area contributed by atoms with Crippen molar-refractivity contribution in [3.63, 3.8) is 0 Å². The maximum absolute atomic E-state index is 13.8. The molecular weight excluding hydrogens is 272 g/mol. The summed E-state index contributed by atoms with van der Waals surface area (Å²) in [5.74, 6) is -0.860. The molecule has 4 heteroatoms. The Bertz CT molecular complexity index is 601. The minimum absolute atomic E-state index is 0.307. The molecule has 2 rings (SSSR count). The van der Waals surface area contributed by atoms with Gasteiger partial charge in [-0.2, -0.15) is 0 Å². The van der Waals surface area contributed by atoms with Gasteiger partial charge in [0.15, 0.2) is 0 Å². The highest BCUT2D eigenvalue weighted by atomic mass is 19.1. The highest BCUT2D eigenvalue weighted by Gasteiger charge is 2.13. The molecule has 0 bridgehead atoms. The van der Waals surface area contributed by atoms with Gasteiger partial charge in [0, 0.05) is 23.4 Å². The minimum Gasteiger partial charge on any atom is -0.378 e. The van der Waals surface area contributed by atoms with E-state index in [1.54, 1.807) is 6.92 Å². The monoisotopic (exact) mass is 291 g/mol. The highest BCUT2D eigenvalue weighted by molar-refractivity contribution is 5.52. The van der Waals surface area contributed by atoms with Gasteiger partial charge in [0.05, 0.1) is 12.6 Å². The molecule has 0 radical (unpaired) electrons. The van der Waals surface area contributed by atoms with E-state index in [9.17, 15) is 8.78 Å². The van der Waals surface area contributed by atoms with Crippen LogP contribution in [-0.2, 0) is 11.3 Å². The van der Waals surface area contributed by atoms with Crippen LogP contribution in [0.5, 0.6) is 0 Å². The molecule has 0 aromatic heterocycles. The van der Waals surface area contributed by atoms with Crippen LogP contribution in [0.3, 0.4) is 0 Å². The Kier molecular flexibility index (Phi) is 5.28. The molecule has 1 N–H and O–H groups in total. The lowest BCUT2D eigenvalue weighted by molar-refractivity contribution is 0.134. The maximum Gasteiger partial charge on any atom is 0.128 e. The van der Waals surface area contributed by atoms with Crippen LogP contribution >= 0.6 is 0 Å². The predicted molar refractivity (Wildman–Crippen MR) is 80.2 cm³/mol. The van der Waals surface area contributed by atoms with Crippen molar-refractivity contribution < 1.29 is 13.5 Å². The lowest BCUT2D eigenvalue weighted by Gasteiger charge is -2.19. The van der Waals surface area contributed by atoms with E-state index in [4.69, 9.17) is 4.74 Å². The van der Waals surface area contributed by atoms with Crippen molar-refractivity contribution in [2.45, 2.75) is 26.5 Å². The first-order chi connectivity index (χ1) is 10.1. The normalized spacial score (nSPS) is 12.2. The van der Waals surface area contributed by atoms with Crippen molar-refractivity contribution in [1.29, 1.82) is 0 Å². The van der Waals surface area contributed by atoms with Gasteiger partial charge in [-0.05, 0) is 38.1 Å². The molecule has 2 nitrogen and oxygen atoms in total. The molecule has 21 heavy (non-hydrogen) atoms. The summed E-state index contributed by atoms with van der Waals surface area (Å²) in [6, 6.07) is 10.8. The average Bonchev–Trinajstić information content (AvgIpc) is 2.48. The Hall–Kier alpha value is -1.94. The van der Waals surface area contributed by atoms with Gasteiger partial charge in [-0.25, -0.2) is 8.78 Å². The van der Waals surface area contributed by atoms with E-state index in [1.165, 1.54) is 6.07 Å². The Labute approximate surface area is 123 Å². The van der Waals surface area contributed by atoms with Gasteiger partial charge in [0.2, 0.25) is 0 Å². The number of nitrogens with one attached hydrogen (secondary N) is 1. The maximum atomic E-state index is 13.8. The van der Waals surface area contributed by atoms with E-state index in [0.29, 0.717) is 18.8 Å². The lowest BCUT2D eigenvalue weighted by Crippen LogP contribution is -2.11. The molecule has 2 aromatic rings. The predicted octanol–water partition coefficient (Wildman–Crippen LogP) is 4.67. The third-order valence-corrected chi connectivity index (χ3v) is 3.28. The van der Waals surface area contributed by atoms with E-state index in [2.05, 4.69) is 5.32 Å². The summed E-state index contributed by atoms with van der Waals surface area (Å²) in [4.78, 5) is 0. The van der Waals surface area contributed by atoms with Crippen LogP contribution in [0, 0.1) is 11.6 Å². The Morgan fingerprint density at radius 3 is 2.67 bits per heavy atom. The smallest absolute Gasteiger partial charge is 0.128 e. The first kappa shape index (κ1) is 15.4. The summed E-state index contributed by atoms with van der Waals surface area (Å²) < 4.78 is 32.5. The molecule has 0 saturated heterocycles. The van der Waals surface area contributed by atoms with Crippen LogP contribution < -0.4 is 5.32 Å². The first-order valence-corrected chi connectivity index (χ1v) is 6.99. The standard InChI is InChI=1S/C17H19F2NO/c1-3-21-11-13-6-4-5-7-17(13)20-12(2)15-10-14(18)8-9-16(15)19/h4-10,12,20H,3,11H2,1-2H3. The number of hydrogen-bond acceptors (Lipinski definition) is 2. The van der Waals surface area contributed by atoms with Crippen LogP contribution in [0.15, 0.2) is 42.5 Å². The molecule has 0 saturated carbocycles. The third kappa shape index (κ3) is 4.02. The Morgan fingerprint density at radius 2 is 1.90 bits per heavy atom. The zero-order valence-corrected chi connectivity index (χ0v) is 12.2. The zero-order chi connectivity index (χ0) is 15.2. The fourth-order valence-electron chi connectivity index (χ4n) is 2.16. The van der Waals surface area contributed by atoms with Crippen LogP contribution in [0.2, 0.25) is 0 Å². The molecule has 1 unspecified atom stereocenters. The van der Waals surface area contributed by atoms with Crippen molar-refractivity contribution >= 4 is 5.69 Å². The van der Waals surface area contributed by atoms with Gasteiger partial charge in [-0.15, -0.1) is 0 Å². The molecule has 0 fully saturated rings. The molecule has 0 aliphatic rings. The highest BCUT2D eigenvalue weighted by Crippen LogP contribution is 2.25. The first-order valence-electron chi connectivity index (χ1n) is 6.99. The van der Waals surface area contributed by atoms with Gasteiger partial charge >= 0.3 is 0 Å². The van der Waals surface area contributed by atoms with Crippen LogP contribution in [-0.4, -0.2) is 6.61 Å². The zero-order valence-electron chi connectivity index (χ0n) is 12.2. The van der Waals surface area contributed by atoms with Crippen molar-refractivity contribution in [1.82, 2.24) is 0 Å². The Balaban J connectivity index is 2.19. The number of ether oxygens (including phenoxy) is 1. The number of hydrogen-bond donors (Lipinski definition) is 1. The van der Waals surface area contributed by atoms with E-state index in [1.807, 2.05) is 31.2 Å². The molecule has 0 aliphatic heterocycles. The second-order valence-electron chi connectivity index (χ2n) is 4.83. The second kappa shape index (κ2) is 7.18. The fourth-order valence-corrected chi connectivity index (χ4v) is 2.16. The summed E-state index contributed by atoms with van der Waals surface area (Å²) in [5, 5.41) is 3.22. The van der Waals surface area contributed by atoms with Gasteiger partial charge in [-0.3, -0.25) is 0 Å². The summed E-state index contributed by atoms with van der Waals surface area (Å²) in [5.41, 5.74) is 2.16. The molecule has 1 atom stereocenters. The van der Waals surface area contributed by atoms with Gasteiger partial charge in [0.25, 0.3) is 0 Å². The van der Waals surface area contributed by atoms with Crippen LogP contribution in [0.25, 0.3) is 0 Å². The largest absolute Gasteiger partial charge is 0.378 e. The second-order valence-corrected chi connectivity index (χ2v) is 4.83. The summed E-state index contributed by atoms with van der Waals surface area (Å²) in [6.07, 6.45) is 0. The molecule has 2 aromatic carbocycles. The van der Waals surface area contributed by atoms with Crippen LogP contribution in [0.4, 0.5) is 14.5 Å². The summed E-state index contributed by atoms with van der Waals surface area (Å²) in [6.45, 7) is 4.84. The van der Waals surface area contributed by atoms with Crippen molar-refractivity contribution in [2.75, 3.05) is 11.9 Å². The molecule has 0 spiro atoms. The quantitative estimate of drug-likeness (QED) is 0.834. The molecule has 112 valence electrons. The van der Waals surface area contributed by atoms with E-state index in [-0.39, 0.29) is 6.04 Å². The van der Waals surface area contributed by atoms with Gasteiger partial charge in [-0.1, -0.05) is 18.2 Å². The molecule has 0 aliphatic carbocycles. The third-order valence-electron chi connectivity index (χ3n) is 3.28. The van der Waals surface area contributed by atoms with Crippen molar-refractivity contribution in [3.05, 3.63) is 65.2 Å². The fraction of sp³-hybridized carbons (Fsp3) is 0.294. The molecule has 0 amide bonds. The summed E-state index contributed by atoms with van der Waals surface area (Å²) >= 11 is 0. The molecular formula is C17H19F2NO. The number of benzene rings is 2. The number of halogens is 2. The topological polar surface area (TPSA) is 21.3 Å². The minimum atomic E-state index is -0.442. The van der Waals surface area contributed by atoms with Crippen LogP contribution in [0.1, 0.15) is 31.0 Å². The van der Waals surface area contributed by atoms with Crippen molar-refractivity contribution in [3.8, 4) is 0 Å². The van der Waals surface area contributed by atoms with Gasteiger partial charge < -0.3 is 10.1 Å². The van der Waals surface area contributed by atoms with E-state index >= 15 is 0 Å².